The number of anilines is 1. The maximum Gasteiger partial charge on any atom is 0.337 e. The summed E-state index contributed by atoms with van der Waals surface area (Å²) in [7, 11) is 0. The molecule has 1 aromatic heterocycles. The zero-order chi connectivity index (χ0) is 18.6. The van der Waals surface area contributed by atoms with Crippen molar-refractivity contribution in [1.29, 1.82) is 0 Å². The molecule has 2 aromatic carbocycles. The second-order valence-electron chi connectivity index (χ2n) is 6.56. The molecule has 3 aromatic rings. The summed E-state index contributed by atoms with van der Waals surface area (Å²) >= 11 is 0. The number of carboxylic acids is 1. The predicted molar refractivity (Wildman–Crippen MR) is 104 cm³/mol. The Morgan fingerprint density at radius 1 is 1.15 bits per heavy atom. The fourth-order valence-corrected chi connectivity index (χ4v) is 3.44. The van der Waals surface area contributed by atoms with Crippen molar-refractivity contribution in [2.75, 3.05) is 18.5 Å². The van der Waals surface area contributed by atoms with Gasteiger partial charge in [-0.15, -0.1) is 0 Å². The van der Waals surface area contributed by atoms with Crippen LogP contribution in [0.2, 0.25) is 0 Å². The Kier molecular flexibility index (Phi) is 4.75. The van der Waals surface area contributed by atoms with Gasteiger partial charge in [0.25, 0.3) is 0 Å². The van der Waals surface area contributed by atoms with Crippen LogP contribution < -0.4 is 10.1 Å². The van der Waals surface area contributed by atoms with Crippen molar-refractivity contribution in [2.45, 2.75) is 12.3 Å². The van der Waals surface area contributed by atoms with Crippen molar-refractivity contribution in [3.63, 3.8) is 0 Å². The SMILES string of the molecule is O=C(O)c1ccncc1NC[C@H]1CCOc2cc(-c3ccccc3)ccc21. The van der Waals surface area contributed by atoms with Gasteiger partial charge in [-0.3, -0.25) is 4.98 Å². The van der Waals surface area contributed by atoms with E-state index >= 15 is 0 Å². The number of hydrogen-bond donors (Lipinski definition) is 2. The van der Waals surface area contributed by atoms with Crippen LogP contribution in [-0.2, 0) is 0 Å². The van der Waals surface area contributed by atoms with Gasteiger partial charge in [0.1, 0.15) is 5.75 Å². The Bertz CT molecular complexity index is 957. The van der Waals surface area contributed by atoms with E-state index in [2.05, 4.69) is 40.6 Å². The van der Waals surface area contributed by atoms with Crippen LogP contribution in [0.1, 0.15) is 28.3 Å². The normalized spacial score (nSPS) is 15.5. The maximum atomic E-state index is 11.4. The van der Waals surface area contributed by atoms with Crippen molar-refractivity contribution in [3.8, 4) is 16.9 Å². The summed E-state index contributed by atoms with van der Waals surface area (Å²) in [5.41, 5.74) is 4.21. The van der Waals surface area contributed by atoms with Gasteiger partial charge >= 0.3 is 5.97 Å². The molecule has 5 nitrogen and oxygen atoms in total. The van der Waals surface area contributed by atoms with Gasteiger partial charge in [-0.2, -0.15) is 0 Å². The monoisotopic (exact) mass is 360 g/mol. The number of carboxylic acid groups (broad SMARTS) is 1. The van der Waals surface area contributed by atoms with Gasteiger partial charge in [-0.25, -0.2) is 4.79 Å². The van der Waals surface area contributed by atoms with Gasteiger partial charge < -0.3 is 15.2 Å². The number of pyridine rings is 1. The molecule has 0 saturated heterocycles. The fraction of sp³-hybridized carbons (Fsp3) is 0.182. The molecular weight excluding hydrogens is 340 g/mol. The Balaban J connectivity index is 1.55. The first-order chi connectivity index (χ1) is 13.2. The van der Waals surface area contributed by atoms with Crippen LogP contribution in [0.4, 0.5) is 5.69 Å². The predicted octanol–water partition coefficient (Wildman–Crippen LogP) is 4.43. The number of nitrogens with one attached hydrogen (secondary N) is 1. The van der Waals surface area contributed by atoms with Crippen LogP contribution in [0.3, 0.4) is 0 Å². The standard InChI is InChI=1S/C22H20N2O3/c25-22(26)19-8-10-23-14-20(19)24-13-17-9-11-27-21-12-16(6-7-18(17)21)15-4-2-1-3-5-15/h1-8,10,12,14,17,24H,9,11,13H2,(H,25,26)/t17-/m1/s1. The number of carbonyl (C=O) groups is 1. The highest BCUT2D eigenvalue weighted by Crippen LogP contribution is 2.37. The second-order valence-corrected chi connectivity index (χ2v) is 6.56. The molecule has 0 saturated carbocycles. The third-order valence-corrected chi connectivity index (χ3v) is 4.87. The van der Waals surface area contributed by atoms with E-state index in [1.54, 1.807) is 6.20 Å². The Labute approximate surface area is 157 Å². The highest BCUT2D eigenvalue weighted by Gasteiger charge is 2.22. The molecule has 136 valence electrons. The third kappa shape index (κ3) is 3.62. The van der Waals surface area contributed by atoms with Gasteiger partial charge in [-0.05, 0) is 35.2 Å². The van der Waals surface area contributed by atoms with Crippen molar-refractivity contribution in [1.82, 2.24) is 4.98 Å². The molecule has 4 rings (SSSR count). The molecule has 1 atom stereocenters. The first-order valence-electron chi connectivity index (χ1n) is 8.96. The highest BCUT2D eigenvalue weighted by molar-refractivity contribution is 5.93. The van der Waals surface area contributed by atoms with Gasteiger partial charge in [0, 0.05) is 18.7 Å². The summed E-state index contributed by atoms with van der Waals surface area (Å²) in [5.74, 6) is 0.194. The Hall–Kier alpha value is -3.34. The highest BCUT2D eigenvalue weighted by atomic mass is 16.5. The summed E-state index contributed by atoms with van der Waals surface area (Å²) in [4.78, 5) is 15.4. The average Bonchev–Trinajstić information content (AvgIpc) is 2.72. The lowest BCUT2D eigenvalue weighted by atomic mass is 9.91. The fourth-order valence-electron chi connectivity index (χ4n) is 3.44. The van der Waals surface area contributed by atoms with E-state index in [1.807, 2.05) is 18.2 Å². The first-order valence-corrected chi connectivity index (χ1v) is 8.96. The lowest BCUT2D eigenvalue weighted by Gasteiger charge is -2.27. The minimum Gasteiger partial charge on any atom is -0.493 e. The molecule has 27 heavy (non-hydrogen) atoms. The maximum absolute atomic E-state index is 11.4. The van der Waals surface area contributed by atoms with E-state index in [-0.39, 0.29) is 11.5 Å². The van der Waals surface area contributed by atoms with E-state index in [0.717, 1.165) is 28.9 Å². The van der Waals surface area contributed by atoms with Gasteiger partial charge in [0.05, 0.1) is 24.1 Å². The number of aromatic nitrogens is 1. The number of aromatic carboxylic acids is 1. The quantitative estimate of drug-likeness (QED) is 0.704. The third-order valence-electron chi connectivity index (χ3n) is 4.87. The molecule has 0 unspecified atom stereocenters. The molecular formula is C22H20N2O3. The van der Waals surface area contributed by atoms with Crippen LogP contribution in [-0.4, -0.2) is 29.2 Å². The number of fused-ring (bicyclic) bond motifs is 1. The van der Waals surface area contributed by atoms with Crippen LogP contribution in [0.15, 0.2) is 67.0 Å². The summed E-state index contributed by atoms with van der Waals surface area (Å²) in [6, 6.07) is 18.0. The molecule has 0 amide bonds. The first kappa shape index (κ1) is 17.1. The zero-order valence-corrected chi connectivity index (χ0v) is 14.8. The largest absolute Gasteiger partial charge is 0.493 e. The van der Waals surface area contributed by atoms with E-state index in [9.17, 15) is 9.90 Å². The van der Waals surface area contributed by atoms with E-state index < -0.39 is 5.97 Å². The Morgan fingerprint density at radius 3 is 2.81 bits per heavy atom. The number of ether oxygens (including phenoxy) is 1. The van der Waals surface area contributed by atoms with Gasteiger partial charge in [0.2, 0.25) is 0 Å². The summed E-state index contributed by atoms with van der Waals surface area (Å²) in [6.45, 7) is 1.28. The van der Waals surface area contributed by atoms with Crippen LogP contribution in [0, 0.1) is 0 Å². The van der Waals surface area contributed by atoms with Crippen molar-refractivity contribution < 1.29 is 14.6 Å². The Morgan fingerprint density at radius 2 is 2.00 bits per heavy atom. The molecule has 0 spiro atoms. The van der Waals surface area contributed by atoms with Crippen molar-refractivity contribution in [3.05, 3.63) is 78.1 Å². The molecule has 1 aliphatic rings. The summed E-state index contributed by atoms with van der Waals surface area (Å²) < 4.78 is 5.90. The molecule has 5 heteroatoms. The molecule has 2 heterocycles. The summed E-state index contributed by atoms with van der Waals surface area (Å²) in [6.07, 6.45) is 3.93. The van der Waals surface area contributed by atoms with Crippen molar-refractivity contribution in [2.24, 2.45) is 0 Å². The van der Waals surface area contributed by atoms with Crippen LogP contribution >= 0.6 is 0 Å². The molecule has 0 bridgehead atoms. The molecule has 0 aliphatic carbocycles. The van der Waals surface area contributed by atoms with E-state index in [4.69, 9.17) is 4.74 Å². The van der Waals surface area contributed by atoms with Gasteiger partial charge in [-0.1, -0.05) is 42.5 Å². The number of benzene rings is 2. The number of nitrogens with zero attached hydrogens (tertiary/aromatic N) is 1. The van der Waals surface area contributed by atoms with Gasteiger partial charge in [0.15, 0.2) is 0 Å². The van der Waals surface area contributed by atoms with E-state index in [1.165, 1.54) is 12.3 Å². The molecule has 0 fully saturated rings. The second kappa shape index (κ2) is 7.50. The molecule has 2 N–H and O–H groups in total. The topological polar surface area (TPSA) is 71.5 Å². The number of rotatable bonds is 5. The zero-order valence-electron chi connectivity index (χ0n) is 14.8. The van der Waals surface area contributed by atoms with Crippen LogP contribution in [0.5, 0.6) is 5.75 Å². The number of hydrogen-bond acceptors (Lipinski definition) is 4. The summed E-state index contributed by atoms with van der Waals surface area (Å²) in [5, 5.41) is 12.6. The van der Waals surface area contributed by atoms with Crippen LogP contribution in [0.25, 0.3) is 11.1 Å². The van der Waals surface area contributed by atoms with Crippen molar-refractivity contribution >= 4 is 11.7 Å². The smallest absolute Gasteiger partial charge is 0.337 e. The van der Waals surface area contributed by atoms with E-state index in [0.29, 0.717) is 18.8 Å². The molecule has 0 radical (unpaired) electrons. The minimum atomic E-state index is -0.959. The lowest BCUT2D eigenvalue weighted by molar-refractivity contribution is 0.0697. The minimum absolute atomic E-state index is 0.233. The lowest BCUT2D eigenvalue weighted by Crippen LogP contribution is -2.21. The molecule has 1 aliphatic heterocycles. The average molecular weight is 360 g/mol.